The summed E-state index contributed by atoms with van der Waals surface area (Å²) in [5, 5.41) is 0. The molecule has 0 aliphatic carbocycles. The molecule has 0 aliphatic rings. The predicted molar refractivity (Wildman–Crippen MR) is 76.9 cm³/mol. The van der Waals surface area contributed by atoms with E-state index in [1.54, 1.807) is 7.11 Å². The fourth-order valence-electron chi connectivity index (χ4n) is 1.92. The second-order valence-corrected chi connectivity index (χ2v) is 4.32. The first-order valence-electron chi connectivity index (χ1n) is 6.35. The van der Waals surface area contributed by atoms with Crippen LogP contribution in [0.5, 0.6) is 11.8 Å². The van der Waals surface area contributed by atoms with Crippen molar-refractivity contribution in [1.29, 1.82) is 0 Å². The Labute approximate surface area is 118 Å². The van der Waals surface area contributed by atoms with E-state index in [0.29, 0.717) is 12.4 Å². The summed E-state index contributed by atoms with van der Waals surface area (Å²) < 4.78 is 10.8. The van der Waals surface area contributed by atoms with Crippen molar-refractivity contribution in [2.75, 3.05) is 19.5 Å². The van der Waals surface area contributed by atoms with Gasteiger partial charge in [-0.2, -0.15) is 15.0 Å². The van der Waals surface area contributed by atoms with Gasteiger partial charge in [0.15, 0.2) is 5.82 Å². The lowest BCUT2D eigenvalue weighted by atomic mass is 10.0. The Morgan fingerprint density at radius 1 is 1.15 bits per heavy atom. The number of nitrogen functional groups attached to an aromatic ring is 1. The average Bonchev–Trinajstić information content (AvgIpc) is 2.41. The van der Waals surface area contributed by atoms with Gasteiger partial charge in [-0.1, -0.05) is 6.07 Å². The molecule has 2 N–H and O–H groups in total. The molecule has 106 valence electrons. The van der Waals surface area contributed by atoms with Crippen LogP contribution in [0.4, 0.5) is 5.95 Å². The number of aryl methyl sites for hydroxylation is 1. The highest BCUT2D eigenvalue weighted by molar-refractivity contribution is 5.68. The molecule has 20 heavy (non-hydrogen) atoms. The first-order valence-corrected chi connectivity index (χ1v) is 6.35. The van der Waals surface area contributed by atoms with Crippen molar-refractivity contribution in [3.05, 3.63) is 23.3 Å². The maximum absolute atomic E-state index is 5.70. The SMILES string of the molecule is CCOc1nc(N)nc(-c2ccc(C)c(C)c2OC)n1. The number of rotatable bonds is 4. The van der Waals surface area contributed by atoms with Crippen LogP contribution in [-0.2, 0) is 0 Å². The molecule has 1 aromatic heterocycles. The van der Waals surface area contributed by atoms with E-state index in [9.17, 15) is 0 Å². The smallest absolute Gasteiger partial charge is 0.321 e. The lowest BCUT2D eigenvalue weighted by Crippen LogP contribution is -2.05. The number of hydrogen-bond acceptors (Lipinski definition) is 6. The lowest BCUT2D eigenvalue weighted by molar-refractivity contribution is 0.312. The summed E-state index contributed by atoms with van der Waals surface area (Å²) in [6.45, 7) is 6.34. The van der Waals surface area contributed by atoms with Crippen LogP contribution < -0.4 is 15.2 Å². The van der Waals surface area contributed by atoms with Crippen molar-refractivity contribution in [2.45, 2.75) is 20.8 Å². The van der Waals surface area contributed by atoms with Gasteiger partial charge in [0.1, 0.15) is 5.75 Å². The number of benzene rings is 1. The van der Waals surface area contributed by atoms with Crippen LogP contribution in [0.15, 0.2) is 12.1 Å². The summed E-state index contributed by atoms with van der Waals surface area (Å²) in [5.74, 6) is 1.30. The minimum absolute atomic E-state index is 0.124. The van der Waals surface area contributed by atoms with Gasteiger partial charge < -0.3 is 15.2 Å². The zero-order valence-electron chi connectivity index (χ0n) is 12.1. The van der Waals surface area contributed by atoms with Gasteiger partial charge in [0.05, 0.1) is 19.3 Å². The molecule has 2 rings (SSSR count). The van der Waals surface area contributed by atoms with Gasteiger partial charge in [-0.3, -0.25) is 0 Å². The highest BCUT2D eigenvalue weighted by Crippen LogP contribution is 2.33. The van der Waals surface area contributed by atoms with Gasteiger partial charge >= 0.3 is 6.01 Å². The van der Waals surface area contributed by atoms with Crippen molar-refractivity contribution in [1.82, 2.24) is 15.0 Å². The summed E-state index contributed by atoms with van der Waals surface area (Å²) in [4.78, 5) is 12.4. The fourth-order valence-corrected chi connectivity index (χ4v) is 1.92. The van der Waals surface area contributed by atoms with Crippen LogP contribution in [0.3, 0.4) is 0 Å². The summed E-state index contributed by atoms with van der Waals surface area (Å²) in [6, 6.07) is 4.12. The number of aromatic nitrogens is 3. The van der Waals surface area contributed by atoms with Gasteiger partial charge in [0.25, 0.3) is 0 Å². The standard InChI is InChI=1S/C14H18N4O2/c1-5-20-14-17-12(16-13(15)18-14)10-7-6-8(2)9(3)11(10)19-4/h6-7H,5H2,1-4H3,(H2,15,16,17,18). The number of nitrogens with zero attached hydrogens (tertiary/aromatic N) is 3. The Morgan fingerprint density at radius 3 is 2.55 bits per heavy atom. The molecule has 0 saturated carbocycles. The first-order chi connectivity index (χ1) is 9.56. The zero-order valence-corrected chi connectivity index (χ0v) is 12.1. The van der Waals surface area contributed by atoms with E-state index in [1.165, 1.54) is 0 Å². The molecule has 0 radical (unpaired) electrons. The van der Waals surface area contributed by atoms with Crippen molar-refractivity contribution in [2.24, 2.45) is 0 Å². The van der Waals surface area contributed by atoms with Crippen molar-refractivity contribution < 1.29 is 9.47 Å². The second-order valence-electron chi connectivity index (χ2n) is 4.32. The number of ether oxygens (including phenoxy) is 2. The normalized spacial score (nSPS) is 10.4. The minimum Gasteiger partial charge on any atom is -0.496 e. The van der Waals surface area contributed by atoms with Crippen LogP contribution in [0, 0.1) is 13.8 Å². The molecule has 6 nitrogen and oxygen atoms in total. The highest BCUT2D eigenvalue weighted by Gasteiger charge is 2.15. The Bertz CT molecular complexity index is 629. The van der Waals surface area contributed by atoms with Crippen LogP contribution in [0.2, 0.25) is 0 Å². The third-order valence-corrected chi connectivity index (χ3v) is 3.03. The summed E-state index contributed by atoms with van der Waals surface area (Å²) >= 11 is 0. The third-order valence-electron chi connectivity index (χ3n) is 3.03. The average molecular weight is 274 g/mol. The molecule has 0 saturated heterocycles. The number of hydrogen-bond donors (Lipinski definition) is 1. The molecule has 0 bridgehead atoms. The molecule has 0 unspecified atom stereocenters. The molecular weight excluding hydrogens is 256 g/mol. The molecule has 0 aliphatic heterocycles. The molecule has 6 heteroatoms. The van der Waals surface area contributed by atoms with Crippen molar-refractivity contribution in [3.8, 4) is 23.1 Å². The van der Waals surface area contributed by atoms with Crippen LogP contribution >= 0.6 is 0 Å². The second kappa shape index (κ2) is 5.73. The highest BCUT2D eigenvalue weighted by atomic mass is 16.5. The maximum Gasteiger partial charge on any atom is 0.321 e. The Hall–Kier alpha value is -2.37. The largest absolute Gasteiger partial charge is 0.496 e. The number of nitrogens with two attached hydrogens (primary N) is 1. The summed E-state index contributed by atoms with van der Waals surface area (Å²) in [7, 11) is 1.62. The fraction of sp³-hybridized carbons (Fsp3) is 0.357. The Kier molecular flexibility index (Phi) is 4.02. The topological polar surface area (TPSA) is 83.2 Å². The lowest BCUT2D eigenvalue weighted by Gasteiger charge is -2.13. The molecule has 0 fully saturated rings. The van der Waals surface area contributed by atoms with E-state index in [4.69, 9.17) is 15.2 Å². The van der Waals surface area contributed by atoms with E-state index in [0.717, 1.165) is 22.4 Å². The van der Waals surface area contributed by atoms with Gasteiger partial charge in [-0.15, -0.1) is 0 Å². The molecule has 0 amide bonds. The molecular formula is C14H18N4O2. The summed E-state index contributed by atoms with van der Waals surface area (Å²) in [6.07, 6.45) is 0. The molecule has 1 heterocycles. The van der Waals surface area contributed by atoms with E-state index in [-0.39, 0.29) is 12.0 Å². The van der Waals surface area contributed by atoms with Crippen LogP contribution in [-0.4, -0.2) is 28.7 Å². The van der Waals surface area contributed by atoms with Crippen molar-refractivity contribution in [3.63, 3.8) is 0 Å². The van der Waals surface area contributed by atoms with Gasteiger partial charge in [-0.05, 0) is 38.0 Å². The monoisotopic (exact) mass is 274 g/mol. The van der Waals surface area contributed by atoms with Crippen LogP contribution in [0.25, 0.3) is 11.4 Å². The van der Waals surface area contributed by atoms with E-state index in [2.05, 4.69) is 15.0 Å². The molecule has 2 aromatic rings. The number of methoxy groups -OCH3 is 1. The van der Waals surface area contributed by atoms with E-state index in [1.807, 2.05) is 32.9 Å². The predicted octanol–water partition coefficient (Wildman–Crippen LogP) is 2.14. The minimum atomic E-state index is 0.124. The van der Waals surface area contributed by atoms with Crippen LogP contribution in [0.1, 0.15) is 18.1 Å². The summed E-state index contributed by atoms with van der Waals surface area (Å²) in [5.41, 5.74) is 8.65. The van der Waals surface area contributed by atoms with E-state index >= 15 is 0 Å². The first kappa shape index (κ1) is 14.0. The zero-order chi connectivity index (χ0) is 14.7. The molecule has 0 atom stereocenters. The Morgan fingerprint density at radius 2 is 1.90 bits per heavy atom. The maximum atomic E-state index is 5.70. The van der Waals surface area contributed by atoms with Gasteiger partial charge in [-0.25, -0.2) is 0 Å². The van der Waals surface area contributed by atoms with Gasteiger partial charge in [0, 0.05) is 0 Å². The van der Waals surface area contributed by atoms with E-state index < -0.39 is 0 Å². The molecule has 0 spiro atoms. The quantitative estimate of drug-likeness (QED) is 0.919. The van der Waals surface area contributed by atoms with Gasteiger partial charge in [0.2, 0.25) is 5.95 Å². The number of anilines is 1. The molecule has 1 aromatic carbocycles. The Balaban J connectivity index is 2.59. The third kappa shape index (κ3) is 2.64. The van der Waals surface area contributed by atoms with Crippen molar-refractivity contribution >= 4 is 5.95 Å².